The number of amides is 1. The van der Waals surface area contributed by atoms with Crippen LogP contribution in [0.2, 0.25) is 0 Å². The van der Waals surface area contributed by atoms with E-state index in [1.165, 1.54) is 13.1 Å². The predicted octanol–water partition coefficient (Wildman–Crippen LogP) is 4.09. The number of pyridine rings is 2. The molecule has 29 heavy (non-hydrogen) atoms. The highest BCUT2D eigenvalue weighted by molar-refractivity contribution is 6.17. The fourth-order valence-corrected chi connectivity index (χ4v) is 3.06. The van der Waals surface area contributed by atoms with Crippen LogP contribution in [0.3, 0.4) is 0 Å². The summed E-state index contributed by atoms with van der Waals surface area (Å²) in [7, 11) is 0. The van der Waals surface area contributed by atoms with Crippen molar-refractivity contribution in [3.05, 3.63) is 77.9 Å². The zero-order valence-corrected chi connectivity index (χ0v) is 15.2. The molecule has 0 radical (unpaired) electrons. The average molecular weight is 392 g/mol. The number of carbonyl (C=O) groups excluding carboxylic acids is 2. The van der Waals surface area contributed by atoms with Crippen LogP contribution in [0.25, 0.3) is 22.2 Å². The number of aromatic nitrogens is 3. The number of halogens is 2. The summed E-state index contributed by atoms with van der Waals surface area (Å²) in [5.74, 6) is -3.54. The molecule has 3 aromatic heterocycles. The first-order valence-corrected chi connectivity index (χ1v) is 8.63. The Morgan fingerprint density at radius 3 is 2.66 bits per heavy atom. The lowest BCUT2D eigenvalue weighted by molar-refractivity contribution is -0.114. The molecular formula is C21H14F2N4O2. The van der Waals surface area contributed by atoms with Crippen molar-refractivity contribution in [1.82, 2.24) is 15.0 Å². The highest BCUT2D eigenvalue weighted by Gasteiger charge is 2.25. The molecule has 0 atom stereocenters. The quantitative estimate of drug-likeness (QED) is 0.512. The fourth-order valence-electron chi connectivity index (χ4n) is 3.06. The van der Waals surface area contributed by atoms with E-state index in [9.17, 15) is 18.4 Å². The maximum atomic E-state index is 14.8. The second kappa shape index (κ2) is 7.23. The van der Waals surface area contributed by atoms with Gasteiger partial charge in [0.15, 0.2) is 5.82 Å². The van der Waals surface area contributed by atoms with Gasteiger partial charge in [0.25, 0.3) is 0 Å². The van der Waals surface area contributed by atoms with Crippen molar-refractivity contribution in [2.24, 2.45) is 0 Å². The number of hydrogen-bond donors (Lipinski definition) is 2. The molecule has 0 bridgehead atoms. The molecule has 1 amide bonds. The third kappa shape index (κ3) is 3.36. The average Bonchev–Trinajstić information content (AvgIpc) is 3.14. The first-order chi connectivity index (χ1) is 14.0. The van der Waals surface area contributed by atoms with Gasteiger partial charge in [-0.2, -0.15) is 0 Å². The molecule has 0 aliphatic rings. The van der Waals surface area contributed by atoms with E-state index < -0.39 is 28.9 Å². The van der Waals surface area contributed by atoms with Gasteiger partial charge in [-0.3, -0.25) is 14.6 Å². The summed E-state index contributed by atoms with van der Waals surface area (Å²) in [6, 6.07) is 7.31. The van der Waals surface area contributed by atoms with Crippen molar-refractivity contribution < 1.29 is 18.4 Å². The first-order valence-electron chi connectivity index (χ1n) is 8.63. The van der Waals surface area contributed by atoms with Crippen molar-refractivity contribution in [2.45, 2.75) is 6.92 Å². The molecule has 0 aliphatic carbocycles. The monoisotopic (exact) mass is 392 g/mol. The molecule has 8 heteroatoms. The Morgan fingerprint density at radius 1 is 1.10 bits per heavy atom. The van der Waals surface area contributed by atoms with Crippen molar-refractivity contribution in [3.8, 4) is 11.1 Å². The molecule has 2 N–H and O–H groups in total. The highest BCUT2D eigenvalue weighted by Crippen LogP contribution is 2.29. The van der Waals surface area contributed by atoms with Gasteiger partial charge in [-0.25, -0.2) is 13.8 Å². The Balaban J connectivity index is 1.83. The van der Waals surface area contributed by atoms with Crippen molar-refractivity contribution in [3.63, 3.8) is 0 Å². The van der Waals surface area contributed by atoms with Crippen LogP contribution in [-0.4, -0.2) is 26.6 Å². The number of H-pyrrole nitrogens is 1. The lowest BCUT2D eigenvalue weighted by Crippen LogP contribution is -2.13. The zero-order valence-electron chi connectivity index (χ0n) is 15.2. The number of nitrogens with one attached hydrogen (secondary N) is 2. The minimum Gasteiger partial charge on any atom is -0.345 e. The van der Waals surface area contributed by atoms with Crippen LogP contribution < -0.4 is 5.32 Å². The summed E-state index contributed by atoms with van der Waals surface area (Å²) in [6.07, 6.45) is 6.25. The lowest BCUT2D eigenvalue weighted by atomic mass is 10.00. The molecule has 1 aromatic carbocycles. The topological polar surface area (TPSA) is 87.7 Å². The minimum absolute atomic E-state index is 0.0658. The number of ketones is 1. The Kier molecular flexibility index (Phi) is 4.59. The third-order valence-electron chi connectivity index (χ3n) is 4.40. The Hall–Kier alpha value is -3.94. The maximum absolute atomic E-state index is 14.8. The van der Waals surface area contributed by atoms with Gasteiger partial charge in [0.1, 0.15) is 11.5 Å². The van der Waals surface area contributed by atoms with Gasteiger partial charge >= 0.3 is 0 Å². The predicted molar refractivity (Wildman–Crippen MR) is 103 cm³/mol. The van der Waals surface area contributed by atoms with Gasteiger partial charge in [0.2, 0.25) is 11.7 Å². The molecule has 0 saturated heterocycles. The molecule has 0 spiro atoms. The van der Waals surface area contributed by atoms with E-state index in [1.54, 1.807) is 30.7 Å². The van der Waals surface area contributed by atoms with Crippen molar-refractivity contribution in [1.29, 1.82) is 0 Å². The Labute approximate surface area is 163 Å². The van der Waals surface area contributed by atoms with Crippen LogP contribution in [-0.2, 0) is 4.79 Å². The van der Waals surface area contributed by atoms with E-state index in [4.69, 9.17) is 0 Å². The second-order valence-corrected chi connectivity index (χ2v) is 6.36. The Morgan fingerprint density at radius 2 is 1.93 bits per heavy atom. The summed E-state index contributed by atoms with van der Waals surface area (Å²) in [4.78, 5) is 35.4. The zero-order chi connectivity index (χ0) is 20.5. The van der Waals surface area contributed by atoms with E-state index in [0.717, 1.165) is 17.7 Å². The van der Waals surface area contributed by atoms with E-state index in [-0.39, 0.29) is 11.3 Å². The fraction of sp³-hybridized carbons (Fsp3) is 0.0476. The summed E-state index contributed by atoms with van der Waals surface area (Å²) >= 11 is 0. The van der Waals surface area contributed by atoms with Crippen LogP contribution in [0.5, 0.6) is 0 Å². The number of benzene rings is 1. The van der Waals surface area contributed by atoms with Gasteiger partial charge in [0, 0.05) is 53.8 Å². The van der Waals surface area contributed by atoms with E-state index >= 15 is 0 Å². The van der Waals surface area contributed by atoms with Crippen LogP contribution >= 0.6 is 0 Å². The van der Waals surface area contributed by atoms with E-state index in [0.29, 0.717) is 16.6 Å². The van der Waals surface area contributed by atoms with Gasteiger partial charge in [-0.05, 0) is 24.3 Å². The molecule has 3 heterocycles. The van der Waals surface area contributed by atoms with Crippen LogP contribution in [0.1, 0.15) is 22.8 Å². The number of carbonyl (C=O) groups is 2. The summed E-state index contributed by atoms with van der Waals surface area (Å²) in [5, 5.41) is 2.67. The van der Waals surface area contributed by atoms with Gasteiger partial charge in [0.05, 0.1) is 11.3 Å². The van der Waals surface area contributed by atoms with Crippen LogP contribution in [0, 0.1) is 11.6 Å². The summed E-state index contributed by atoms with van der Waals surface area (Å²) < 4.78 is 29.1. The summed E-state index contributed by atoms with van der Waals surface area (Å²) in [6.45, 7) is 1.19. The normalized spacial score (nSPS) is 10.9. The van der Waals surface area contributed by atoms with Crippen molar-refractivity contribution in [2.75, 3.05) is 5.32 Å². The van der Waals surface area contributed by atoms with Gasteiger partial charge < -0.3 is 10.3 Å². The second-order valence-electron chi connectivity index (χ2n) is 6.36. The molecule has 0 aliphatic heterocycles. The third-order valence-corrected chi connectivity index (χ3v) is 4.40. The summed E-state index contributed by atoms with van der Waals surface area (Å²) in [5.41, 5.74) is 0.940. The van der Waals surface area contributed by atoms with Crippen molar-refractivity contribution >= 4 is 28.4 Å². The van der Waals surface area contributed by atoms with Crippen LogP contribution in [0.15, 0.2) is 55.1 Å². The molecule has 4 rings (SSSR count). The standard InChI is InChI=1S/C21H14F2N4O2/c1-11(28)27-17-5-4-16(22)18(19(17)23)20(29)15-10-26-21-14(15)7-13(9-25-21)12-3-2-6-24-8-12/h2-10H,1H3,(H,25,26)(H,27,28). The minimum atomic E-state index is -1.13. The molecule has 0 fully saturated rings. The number of rotatable bonds is 4. The molecule has 144 valence electrons. The SMILES string of the molecule is CC(=O)Nc1ccc(F)c(C(=O)c2c[nH]c3ncc(-c4cccnc4)cc23)c1F. The molecule has 0 unspecified atom stereocenters. The van der Waals surface area contributed by atoms with Crippen LogP contribution in [0.4, 0.5) is 14.5 Å². The lowest BCUT2D eigenvalue weighted by Gasteiger charge is -2.09. The Bertz CT molecular complexity index is 1250. The highest BCUT2D eigenvalue weighted by atomic mass is 19.1. The molecular weight excluding hydrogens is 378 g/mol. The maximum Gasteiger partial charge on any atom is 0.221 e. The first kappa shape index (κ1) is 18.4. The number of aromatic amines is 1. The number of anilines is 1. The van der Waals surface area contributed by atoms with E-state index in [2.05, 4.69) is 20.3 Å². The number of fused-ring (bicyclic) bond motifs is 1. The number of nitrogens with zero attached hydrogens (tertiary/aromatic N) is 2. The van der Waals surface area contributed by atoms with E-state index in [1.807, 2.05) is 6.07 Å². The molecule has 4 aromatic rings. The molecule has 6 nitrogen and oxygen atoms in total. The smallest absolute Gasteiger partial charge is 0.221 e. The van der Waals surface area contributed by atoms with Gasteiger partial charge in [-0.1, -0.05) is 6.07 Å². The van der Waals surface area contributed by atoms with Gasteiger partial charge in [-0.15, -0.1) is 0 Å². The number of hydrogen-bond acceptors (Lipinski definition) is 4. The molecule has 0 saturated carbocycles. The largest absolute Gasteiger partial charge is 0.345 e.